The van der Waals surface area contributed by atoms with Gasteiger partial charge in [0.25, 0.3) is 0 Å². The number of fused-ring (bicyclic) bond motifs is 1. The van der Waals surface area contributed by atoms with Crippen molar-refractivity contribution >= 4 is 16.3 Å². The molecule has 22 heavy (non-hydrogen) atoms. The minimum Gasteiger partial charge on any atom is -0.284 e. The monoisotopic (exact) mass is 304 g/mol. The fourth-order valence-corrected chi connectivity index (χ4v) is 3.34. The number of benzene rings is 1. The van der Waals surface area contributed by atoms with E-state index in [0.29, 0.717) is 5.49 Å². The molecule has 106 valence electrons. The summed E-state index contributed by atoms with van der Waals surface area (Å²) in [5.41, 5.74) is 4.20. The standard InChI is InChI=1S/C17H12N4S/c18-16-9-14(12-5-2-1-3-6-12)20-17-21(16)15(11-22-17)13-7-4-8-19-10-13/h1-11,18H. The molecule has 0 aliphatic carbocycles. The van der Waals surface area contributed by atoms with E-state index in [9.17, 15) is 0 Å². The van der Waals surface area contributed by atoms with Crippen molar-refractivity contribution in [2.45, 2.75) is 0 Å². The Hall–Kier alpha value is -2.79. The third-order valence-corrected chi connectivity index (χ3v) is 4.29. The topological polar surface area (TPSA) is 54.0 Å². The van der Waals surface area contributed by atoms with Crippen LogP contribution in [0.5, 0.6) is 0 Å². The molecule has 3 aromatic heterocycles. The molecule has 4 rings (SSSR count). The molecule has 0 aliphatic rings. The zero-order valence-corrected chi connectivity index (χ0v) is 12.4. The predicted molar refractivity (Wildman–Crippen MR) is 87.6 cm³/mol. The fourth-order valence-electron chi connectivity index (χ4n) is 2.42. The third-order valence-electron chi connectivity index (χ3n) is 3.47. The van der Waals surface area contributed by atoms with Gasteiger partial charge < -0.3 is 0 Å². The van der Waals surface area contributed by atoms with E-state index in [1.54, 1.807) is 18.5 Å². The van der Waals surface area contributed by atoms with Crippen molar-refractivity contribution in [3.63, 3.8) is 0 Å². The van der Waals surface area contributed by atoms with Crippen molar-refractivity contribution in [1.29, 1.82) is 5.41 Å². The Morgan fingerprint density at radius 2 is 1.82 bits per heavy atom. The lowest BCUT2D eigenvalue weighted by Gasteiger charge is -2.04. The molecule has 4 aromatic rings. The number of thiazole rings is 1. The molecule has 3 heterocycles. The zero-order valence-electron chi connectivity index (χ0n) is 11.6. The molecule has 0 spiro atoms. The van der Waals surface area contributed by atoms with E-state index in [0.717, 1.165) is 27.5 Å². The Bertz CT molecular complexity index is 988. The SMILES string of the molecule is N=c1cc(-c2ccccc2)nc2scc(-c3cccnc3)n12. The Kier molecular flexibility index (Phi) is 3.05. The van der Waals surface area contributed by atoms with Crippen LogP contribution in [-0.4, -0.2) is 14.4 Å². The average molecular weight is 304 g/mol. The Balaban J connectivity index is 1.94. The maximum atomic E-state index is 8.37. The van der Waals surface area contributed by atoms with Gasteiger partial charge in [0, 0.05) is 35.0 Å². The van der Waals surface area contributed by atoms with Crippen molar-refractivity contribution in [2.24, 2.45) is 0 Å². The largest absolute Gasteiger partial charge is 0.284 e. The quantitative estimate of drug-likeness (QED) is 0.615. The molecule has 0 unspecified atom stereocenters. The van der Waals surface area contributed by atoms with Gasteiger partial charge in [-0.05, 0) is 12.1 Å². The molecule has 0 saturated carbocycles. The first-order valence-electron chi connectivity index (χ1n) is 6.84. The summed E-state index contributed by atoms with van der Waals surface area (Å²) in [5, 5.41) is 10.4. The second kappa shape index (κ2) is 5.20. The van der Waals surface area contributed by atoms with Gasteiger partial charge in [-0.2, -0.15) is 0 Å². The molecule has 0 fully saturated rings. The summed E-state index contributed by atoms with van der Waals surface area (Å²) < 4.78 is 1.86. The van der Waals surface area contributed by atoms with Gasteiger partial charge in [-0.15, -0.1) is 11.3 Å². The number of pyridine rings is 1. The summed E-state index contributed by atoms with van der Waals surface area (Å²) in [6.07, 6.45) is 3.55. The van der Waals surface area contributed by atoms with Crippen LogP contribution in [0, 0.1) is 5.41 Å². The number of hydrogen-bond acceptors (Lipinski definition) is 4. The van der Waals surface area contributed by atoms with Crippen molar-refractivity contribution in [3.05, 3.63) is 71.8 Å². The van der Waals surface area contributed by atoms with E-state index < -0.39 is 0 Å². The van der Waals surface area contributed by atoms with E-state index >= 15 is 0 Å². The first-order valence-corrected chi connectivity index (χ1v) is 7.72. The number of hydrogen-bond donors (Lipinski definition) is 1. The normalized spacial score (nSPS) is 10.9. The van der Waals surface area contributed by atoms with Crippen LogP contribution in [-0.2, 0) is 0 Å². The van der Waals surface area contributed by atoms with Gasteiger partial charge in [0.05, 0.1) is 11.4 Å². The Labute approximate surface area is 130 Å². The van der Waals surface area contributed by atoms with Crippen molar-refractivity contribution in [3.8, 4) is 22.5 Å². The van der Waals surface area contributed by atoms with Crippen LogP contribution < -0.4 is 5.49 Å². The van der Waals surface area contributed by atoms with Crippen molar-refractivity contribution in [1.82, 2.24) is 14.4 Å². The maximum absolute atomic E-state index is 8.37. The van der Waals surface area contributed by atoms with E-state index in [-0.39, 0.29) is 0 Å². The predicted octanol–water partition coefficient (Wildman–Crippen LogP) is 3.60. The summed E-state index contributed by atoms with van der Waals surface area (Å²) in [7, 11) is 0. The van der Waals surface area contributed by atoms with E-state index in [4.69, 9.17) is 10.4 Å². The Morgan fingerprint density at radius 3 is 2.59 bits per heavy atom. The second-order valence-corrected chi connectivity index (χ2v) is 5.71. The summed E-state index contributed by atoms with van der Waals surface area (Å²) >= 11 is 1.54. The van der Waals surface area contributed by atoms with Crippen LogP contribution in [0.1, 0.15) is 0 Å². The van der Waals surface area contributed by atoms with Gasteiger partial charge in [0.2, 0.25) is 0 Å². The number of nitrogens with one attached hydrogen (secondary N) is 1. The summed E-state index contributed by atoms with van der Waals surface area (Å²) in [5.74, 6) is 0. The van der Waals surface area contributed by atoms with Crippen molar-refractivity contribution in [2.75, 3.05) is 0 Å². The van der Waals surface area contributed by atoms with Crippen LogP contribution >= 0.6 is 11.3 Å². The summed E-state index contributed by atoms with van der Waals surface area (Å²) in [4.78, 5) is 9.66. The lowest BCUT2D eigenvalue weighted by Crippen LogP contribution is -2.14. The van der Waals surface area contributed by atoms with E-state index in [1.807, 2.05) is 52.2 Å². The van der Waals surface area contributed by atoms with Gasteiger partial charge in [-0.3, -0.25) is 14.8 Å². The van der Waals surface area contributed by atoms with E-state index in [2.05, 4.69) is 4.98 Å². The van der Waals surface area contributed by atoms with Gasteiger partial charge in [-0.25, -0.2) is 4.98 Å². The Morgan fingerprint density at radius 1 is 1.00 bits per heavy atom. The molecule has 0 saturated heterocycles. The smallest absolute Gasteiger partial charge is 0.196 e. The van der Waals surface area contributed by atoms with Crippen LogP contribution in [0.3, 0.4) is 0 Å². The van der Waals surface area contributed by atoms with Crippen molar-refractivity contribution < 1.29 is 0 Å². The molecule has 1 N–H and O–H groups in total. The highest BCUT2D eigenvalue weighted by molar-refractivity contribution is 7.15. The number of aromatic nitrogens is 3. The molecule has 0 amide bonds. The van der Waals surface area contributed by atoms with Crippen LogP contribution in [0.15, 0.2) is 66.3 Å². The highest BCUT2D eigenvalue weighted by atomic mass is 32.1. The molecular formula is C17H12N4S. The maximum Gasteiger partial charge on any atom is 0.196 e. The average Bonchev–Trinajstić information content (AvgIpc) is 3.01. The highest BCUT2D eigenvalue weighted by Gasteiger charge is 2.10. The highest BCUT2D eigenvalue weighted by Crippen LogP contribution is 2.25. The molecule has 0 aliphatic heterocycles. The van der Waals surface area contributed by atoms with Crippen LogP contribution in [0.25, 0.3) is 27.5 Å². The second-order valence-electron chi connectivity index (χ2n) is 4.87. The number of rotatable bonds is 2. The van der Waals surface area contributed by atoms with E-state index in [1.165, 1.54) is 11.3 Å². The molecule has 0 atom stereocenters. The first-order chi connectivity index (χ1) is 10.8. The zero-order chi connectivity index (χ0) is 14.9. The lowest BCUT2D eigenvalue weighted by molar-refractivity contribution is 1.00. The molecule has 0 bridgehead atoms. The third kappa shape index (κ3) is 2.12. The fraction of sp³-hybridized carbons (Fsp3) is 0. The minimum absolute atomic E-state index is 0.420. The molecule has 5 heteroatoms. The summed E-state index contributed by atoms with van der Waals surface area (Å²) in [6.45, 7) is 0. The van der Waals surface area contributed by atoms with Gasteiger partial charge in [0.15, 0.2) is 4.96 Å². The molecule has 4 nitrogen and oxygen atoms in total. The van der Waals surface area contributed by atoms with Crippen LogP contribution in [0.2, 0.25) is 0 Å². The van der Waals surface area contributed by atoms with Gasteiger partial charge in [0.1, 0.15) is 5.49 Å². The van der Waals surface area contributed by atoms with Gasteiger partial charge in [-0.1, -0.05) is 30.3 Å². The lowest BCUT2D eigenvalue weighted by atomic mass is 10.1. The first kappa shape index (κ1) is 12.9. The molecule has 1 aromatic carbocycles. The minimum atomic E-state index is 0.420. The number of nitrogens with zero attached hydrogens (tertiary/aromatic N) is 3. The van der Waals surface area contributed by atoms with Gasteiger partial charge >= 0.3 is 0 Å². The summed E-state index contributed by atoms with van der Waals surface area (Å²) in [6, 6.07) is 15.6. The molecular weight excluding hydrogens is 292 g/mol. The van der Waals surface area contributed by atoms with Crippen LogP contribution in [0.4, 0.5) is 0 Å². The molecule has 0 radical (unpaired) electrons.